The first-order valence-electron chi connectivity index (χ1n) is 12.2. The number of carboxylic acid groups (broad SMARTS) is 1. The third-order valence-corrected chi connectivity index (χ3v) is 6.50. The van der Waals surface area contributed by atoms with Crippen molar-refractivity contribution in [3.05, 3.63) is 70.3 Å². The van der Waals surface area contributed by atoms with Crippen LogP contribution in [0.25, 0.3) is 5.57 Å². The molecule has 1 heterocycles. The molecule has 0 amide bonds. The van der Waals surface area contributed by atoms with Gasteiger partial charge in [-0.3, -0.25) is 4.79 Å². The van der Waals surface area contributed by atoms with Crippen molar-refractivity contribution >= 4 is 17.3 Å². The molecule has 0 unspecified atom stereocenters. The van der Waals surface area contributed by atoms with Gasteiger partial charge in [0.2, 0.25) is 18.3 Å². The Morgan fingerprint density at radius 1 is 0.775 bits per heavy atom. The van der Waals surface area contributed by atoms with Gasteiger partial charge in [0, 0.05) is 17.6 Å². The van der Waals surface area contributed by atoms with Gasteiger partial charge in [-0.2, -0.15) is 0 Å². The van der Waals surface area contributed by atoms with Crippen LogP contribution in [0.3, 0.4) is 0 Å². The molecule has 0 bridgehead atoms. The number of rotatable bonds is 11. The maximum absolute atomic E-state index is 14.1. The van der Waals surface area contributed by atoms with Crippen molar-refractivity contribution in [3.8, 4) is 40.2 Å². The average molecular weight is 551 g/mol. The molecule has 0 aromatic heterocycles. The molecule has 0 fully saturated rings. The Labute approximate surface area is 231 Å². The fourth-order valence-corrected chi connectivity index (χ4v) is 4.62. The second-order valence-electron chi connectivity index (χ2n) is 8.79. The van der Waals surface area contributed by atoms with Crippen LogP contribution in [0.5, 0.6) is 40.2 Å². The first-order chi connectivity index (χ1) is 19.3. The summed E-state index contributed by atoms with van der Waals surface area (Å²) in [5, 5.41) is 10.5. The summed E-state index contributed by atoms with van der Waals surface area (Å²) in [4.78, 5) is 27.0. The smallest absolute Gasteiger partial charge is 0.336 e. The summed E-state index contributed by atoms with van der Waals surface area (Å²) >= 11 is 0. The fraction of sp³-hybridized carbons (Fsp3) is 0.267. The molecule has 1 aliphatic rings. The summed E-state index contributed by atoms with van der Waals surface area (Å²) in [5.41, 5.74) is 1.61. The van der Waals surface area contributed by atoms with Crippen molar-refractivity contribution < 1.29 is 47.9 Å². The van der Waals surface area contributed by atoms with Gasteiger partial charge in [-0.15, -0.1) is 0 Å². The van der Waals surface area contributed by atoms with Crippen molar-refractivity contribution in [1.82, 2.24) is 0 Å². The quantitative estimate of drug-likeness (QED) is 0.265. The number of aryl methyl sites for hydroxylation is 1. The number of methoxy groups -OCH3 is 5. The third-order valence-electron chi connectivity index (χ3n) is 6.50. The molecule has 210 valence electrons. The fourth-order valence-electron chi connectivity index (χ4n) is 4.62. The molecule has 4 rings (SSSR count). The molecule has 10 nitrogen and oxygen atoms in total. The predicted octanol–water partition coefficient (Wildman–Crippen LogP) is 4.73. The lowest BCUT2D eigenvalue weighted by Crippen LogP contribution is -2.14. The maximum Gasteiger partial charge on any atom is 0.336 e. The number of aliphatic carboxylic acids is 1. The van der Waals surface area contributed by atoms with E-state index in [4.69, 9.17) is 33.2 Å². The molecule has 3 aromatic carbocycles. The zero-order valence-corrected chi connectivity index (χ0v) is 23.1. The SMILES string of the molecule is COc1ccc(C(=O)C(Cc2cc(OC)c(OC)c(OC)c2)=C(C(=O)O)c2cc(OC)c3c(c2)OCO3)cc1C. The lowest BCUT2D eigenvalue weighted by molar-refractivity contribution is -0.130. The monoisotopic (exact) mass is 550 g/mol. The number of ether oxygens (including phenoxy) is 7. The highest BCUT2D eigenvalue weighted by Gasteiger charge is 2.29. The molecule has 0 saturated carbocycles. The van der Waals surface area contributed by atoms with Crippen LogP contribution < -0.4 is 33.2 Å². The minimum atomic E-state index is -1.30. The van der Waals surface area contributed by atoms with E-state index < -0.39 is 11.8 Å². The summed E-state index contributed by atoms with van der Waals surface area (Å²) in [7, 11) is 7.41. The first-order valence-corrected chi connectivity index (χ1v) is 12.2. The van der Waals surface area contributed by atoms with Crippen LogP contribution >= 0.6 is 0 Å². The lowest BCUT2D eigenvalue weighted by Gasteiger charge is -2.17. The number of Topliss-reactive ketones (excluding diaryl/α,β-unsaturated/α-hetero) is 1. The van der Waals surface area contributed by atoms with Crippen LogP contribution in [-0.4, -0.2) is 59.2 Å². The van der Waals surface area contributed by atoms with Crippen molar-refractivity contribution in [1.29, 1.82) is 0 Å². The van der Waals surface area contributed by atoms with Gasteiger partial charge >= 0.3 is 5.97 Å². The Hall–Kier alpha value is -4.86. The number of fused-ring (bicyclic) bond motifs is 1. The number of benzene rings is 3. The predicted molar refractivity (Wildman–Crippen MR) is 146 cm³/mol. The van der Waals surface area contributed by atoms with E-state index in [9.17, 15) is 14.7 Å². The Balaban J connectivity index is 1.97. The number of carbonyl (C=O) groups is 2. The van der Waals surface area contributed by atoms with Gasteiger partial charge < -0.3 is 38.3 Å². The molecule has 1 N–H and O–H groups in total. The van der Waals surface area contributed by atoms with Crippen molar-refractivity contribution in [2.24, 2.45) is 0 Å². The van der Waals surface area contributed by atoms with E-state index in [2.05, 4.69) is 0 Å². The standard InChI is InChI=1S/C30H30O10/c1-16-9-18(7-8-21(16)34-2)27(31)20(10-17-11-22(35-3)28(38-6)23(12-17)36-4)26(30(32)33)19-13-24(37-5)29-25(14-19)39-15-40-29/h7-9,11-14H,10,15H2,1-6H3,(H,32,33). The highest BCUT2D eigenvalue weighted by molar-refractivity contribution is 6.26. The summed E-state index contributed by atoms with van der Waals surface area (Å²) in [6.07, 6.45) is -0.0704. The molecular formula is C30H30O10. The van der Waals surface area contributed by atoms with Crippen molar-refractivity contribution in [3.63, 3.8) is 0 Å². The molecular weight excluding hydrogens is 520 g/mol. The molecule has 1 aliphatic heterocycles. The van der Waals surface area contributed by atoms with E-state index >= 15 is 0 Å². The summed E-state index contributed by atoms with van der Waals surface area (Å²) < 4.78 is 38.1. The van der Waals surface area contributed by atoms with Crippen LogP contribution in [0.2, 0.25) is 0 Å². The molecule has 0 spiro atoms. The summed E-state index contributed by atoms with van der Waals surface area (Å²) in [6, 6.07) is 11.3. The van der Waals surface area contributed by atoms with Crippen molar-refractivity contribution in [2.45, 2.75) is 13.3 Å². The number of hydrogen-bond donors (Lipinski definition) is 1. The largest absolute Gasteiger partial charge is 0.496 e. The van der Waals surface area contributed by atoms with E-state index in [1.807, 2.05) is 0 Å². The molecule has 0 aliphatic carbocycles. The molecule has 40 heavy (non-hydrogen) atoms. The molecule has 10 heteroatoms. The Kier molecular flexibility index (Phi) is 8.37. The van der Waals surface area contributed by atoms with Crippen LogP contribution in [0.1, 0.15) is 27.0 Å². The van der Waals surface area contributed by atoms with Crippen molar-refractivity contribution in [2.75, 3.05) is 42.3 Å². The normalized spacial score (nSPS) is 12.3. The summed E-state index contributed by atoms with van der Waals surface area (Å²) in [5.74, 6) is 0.878. The Bertz CT molecular complexity index is 1460. The second kappa shape index (κ2) is 11.9. The number of carboxylic acids is 1. The molecule has 0 saturated heterocycles. The minimum absolute atomic E-state index is 0.0206. The van der Waals surface area contributed by atoms with E-state index in [-0.39, 0.29) is 35.7 Å². The van der Waals surface area contributed by atoms with E-state index in [0.717, 1.165) is 5.56 Å². The Morgan fingerprint density at radius 3 is 1.98 bits per heavy atom. The van der Waals surface area contributed by atoms with Gasteiger partial charge in [-0.05, 0) is 66.1 Å². The van der Waals surface area contributed by atoms with Gasteiger partial charge in [0.25, 0.3) is 0 Å². The second-order valence-corrected chi connectivity index (χ2v) is 8.79. The third kappa shape index (κ3) is 5.33. The van der Waals surface area contributed by atoms with E-state index in [1.165, 1.54) is 47.7 Å². The highest BCUT2D eigenvalue weighted by atomic mass is 16.7. The van der Waals surface area contributed by atoms with Gasteiger partial charge in [0.15, 0.2) is 28.8 Å². The Morgan fingerprint density at radius 2 is 1.43 bits per heavy atom. The maximum atomic E-state index is 14.1. The number of carbonyl (C=O) groups excluding carboxylic acids is 1. The number of hydrogen-bond acceptors (Lipinski definition) is 9. The highest BCUT2D eigenvalue weighted by Crippen LogP contribution is 2.44. The molecule has 0 radical (unpaired) electrons. The van der Waals surface area contributed by atoms with E-state index in [0.29, 0.717) is 45.6 Å². The van der Waals surface area contributed by atoms with E-state index in [1.54, 1.807) is 37.3 Å². The number of ketones is 1. The molecule has 0 atom stereocenters. The topological polar surface area (TPSA) is 119 Å². The number of allylic oxidation sites excluding steroid dienone is 1. The van der Waals surface area contributed by atoms with Crippen LogP contribution in [0, 0.1) is 6.92 Å². The minimum Gasteiger partial charge on any atom is -0.496 e. The molecule has 3 aromatic rings. The van der Waals surface area contributed by atoms with Crippen LogP contribution in [0.4, 0.5) is 0 Å². The zero-order chi connectivity index (χ0) is 29.0. The van der Waals surface area contributed by atoms with Gasteiger partial charge in [0.05, 0.1) is 41.1 Å². The first kappa shape index (κ1) is 28.2. The van der Waals surface area contributed by atoms with Crippen LogP contribution in [0.15, 0.2) is 48.0 Å². The average Bonchev–Trinajstić information content (AvgIpc) is 3.44. The van der Waals surface area contributed by atoms with Crippen LogP contribution in [-0.2, 0) is 11.2 Å². The lowest BCUT2D eigenvalue weighted by atomic mass is 9.88. The van der Waals surface area contributed by atoms with Gasteiger partial charge in [0.1, 0.15) is 5.75 Å². The van der Waals surface area contributed by atoms with Gasteiger partial charge in [-0.25, -0.2) is 4.79 Å². The zero-order valence-electron chi connectivity index (χ0n) is 23.1. The van der Waals surface area contributed by atoms with Gasteiger partial charge in [-0.1, -0.05) is 0 Å². The summed E-state index contributed by atoms with van der Waals surface area (Å²) in [6.45, 7) is 1.77.